The van der Waals surface area contributed by atoms with Gasteiger partial charge < -0.3 is 5.32 Å². The number of thiazole rings is 1. The van der Waals surface area contributed by atoms with Gasteiger partial charge in [0, 0.05) is 12.1 Å². The lowest BCUT2D eigenvalue weighted by molar-refractivity contribution is -0.384. The van der Waals surface area contributed by atoms with Crippen LogP contribution >= 0.6 is 11.3 Å². The molecule has 1 atom stereocenters. The first-order valence-corrected chi connectivity index (χ1v) is 8.31. The van der Waals surface area contributed by atoms with Gasteiger partial charge in [0.2, 0.25) is 5.91 Å². The molecule has 0 aliphatic carbocycles. The van der Waals surface area contributed by atoms with Crippen LogP contribution in [0.3, 0.4) is 0 Å². The van der Waals surface area contributed by atoms with Crippen molar-refractivity contribution in [2.24, 2.45) is 0 Å². The molecule has 3 aromatic rings. The maximum absolute atomic E-state index is 12.5. The SMILES string of the molecule is CCC(C(=O)Nc1nc2ccc([N+](=O)[O-])cc2s1)c1ccccc1. The minimum Gasteiger partial charge on any atom is -0.301 e. The second-order valence-corrected chi connectivity index (χ2v) is 6.32. The Morgan fingerprint density at radius 1 is 1.29 bits per heavy atom. The van der Waals surface area contributed by atoms with Gasteiger partial charge in [-0.2, -0.15) is 0 Å². The number of non-ortho nitro benzene ring substituents is 1. The van der Waals surface area contributed by atoms with Crippen molar-refractivity contribution in [2.45, 2.75) is 19.3 Å². The van der Waals surface area contributed by atoms with Crippen molar-refractivity contribution in [1.82, 2.24) is 4.98 Å². The third-order valence-corrected chi connectivity index (χ3v) is 4.67. The summed E-state index contributed by atoms with van der Waals surface area (Å²) in [6.45, 7) is 1.96. The summed E-state index contributed by atoms with van der Waals surface area (Å²) < 4.78 is 0.673. The van der Waals surface area contributed by atoms with Crippen LogP contribution in [0.2, 0.25) is 0 Å². The Kier molecular flexibility index (Phi) is 4.52. The zero-order valence-electron chi connectivity index (χ0n) is 12.9. The first kappa shape index (κ1) is 16.1. The van der Waals surface area contributed by atoms with Crippen molar-refractivity contribution in [1.29, 1.82) is 0 Å². The van der Waals surface area contributed by atoms with E-state index in [9.17, 15) is 14.9 Å². The van der Waals surface area contributed by atoms with Crippen molar-refractivity contribution < 1.29 is 9.72 Å². The summed E-state index contributed by atoms with van der Waals surface area (Å²) in [6.07, 6.45) is 0.673. The predicted octanol–water partition coefficient (Wildman–Crippen LogP) is 4.34. The third kappa shape index (κ3) is 3.26. The van der Waals surface area contributed by atoms with Crippen LogP contribution in [0.15, 0.2) is 48.5 Å². The van der Waals surface area contributed by atoms with Gasteiger partial charge in [0.05, 0.1) is 21.1 Å². The van der Waals surface area contributed by atoms with Crippen molar-refractivity contribution >= 4 is 38.3 Å². The fraction of sp³-hybridized carbons (Fsp3) is 0.176. The van der Waals surface area contributed by atoms with E-state index in [4.69, 9.17) is 0 Å². The fourth-order valence-corrected chi connectivity index (χ4v) is 3.43. The van der Waals surface area contributed by atoms with Gasteiger partial charge in [-0.3, -0.25) is 14.9 Å². The average molecular weight is 341 g/mol. The van der Waals surface area contributed by atoms with Gasteiger partial charge in [0.25, 0.3) is 5.69 Å². The lowest BCUT2D eigenvalue weighted by Gasteiger charge is -2.13. The summed E-state index contributed by atoms with van der Waals surface area (Å²) in [5.74, 6) is -0.384. The summed E-state index contributed by atoms with van der Waals surface area (Å²) in [6, 6.07) is 14.0. The van der Waals surface area contributed by atoms with Gasteiger partial charge in [0.1, 0.15) is 0 Å². The number of amides is 1. The highest BCUT2D eigenvalue weighted by Crippen LogP contribution is 2.30. The molecular formula is C17H15N3O3S. The molecule has 0 radical (unpaired) electrons. The predicted molar refractivity (Wildman–Crippen MR) is 94.4 cm³/mol. The quantitative estimate of drug-likeness (QED) is 0.552. The smallest absolute Gasteiger partial charge is 0.270 e. The molecule has 0 aliphatic rings. The van der Waals surface area contributed by atoms with E-state index in [0.29, 0.717) is 21.8 Å². The van der Waals surface area contributed by atoms with Crippen LogP contribution in [0.25, 0.3) is 10.2 Å². The molecular weight excluding hydrogens is 326 g/mol. The summed E-state index contributed by atoms with van der Waals surface area (Å²) >= 11 is 1.23. The number of carbonyl (C=O) groups excluding carboxylic acids is 1. The van der Waals surface area contributed by atoms with Crippen LogP contribution in [0.1, 0.15) is 24.8 Å². The number of fused-ring (bicyclic) bond motifs is 1. The molecule has 1 heterocycles. The van der Waals surface area contributed by atoms with E-state index < -0.39 is 4.92 Å². The molecule has 0 spiro atoms. The van der Waals surface area contributed by atoms with Crippen molar-refractivity contribution in [3.05, 3.63) is 64.2 Å². The summed E-state index contributed by atoms with van der Waals surface area (Å²) in [5, 5.41) is 14.1. The zero-order valence-corrected chi connectivity index (χ0v) is 13.7. The Labute approximate surface area is 142 Å². The molecule has 6 nitrogen and oxygen atoms in total. The van der Waals surface area contributed by atoms with E-state index in [1.54, 1.807) is 6.07 Å². The second kappa shape index (κ2) is 6.76. The molecule has 1 unspecified atom stereocenters. The van der Waals surface area contributed by atoms with Crippen LogP contribution < -0.4 is 5.32 Å². The van der Waals surface area contributed by atoms with E-state index in [-0.39, 0.29) is 17.5 Å². The molecule has 24 heavy (non-hydrogen) atoms. The molecule has 1 aromatic heterocycles. The molecule has 3 rings (SSSR count). The van der Waals surface area contributed by atoms with Crippen molar-refractivity contribution in [3.8, 4) is 0 Å². The highest BCUT2D eigenvalue weighted by Gasteiger charge is 2.20. The van der Waals surface area contributed by atoms with Crippen LogP contribution in [-0.4, -0.2) is 15.8 Å². The largest absolute Gasteiger partial charge is 0.301 e. The van der Waals surface area contributed by atoms with E-state index >= 15 is 0 Å². The fourth-order valence-electron chi connectivity index (χ4n) is 2.53. The van der Waals surface area contributed by atoms with Crippen LogP contribution in [0.5, 0.6) is 0 Å². The van der Waals surface area contributed by atoms with Crippen LogP contribution in [0, 0.1) is 10.1 Å². The number of benzene rings is 2. The first-order valence-electron chi connectivity index (χ1n) is 7.49. The summed E-state index contributed by atoms with van der Waals surface area (Å²) in [4.78, 5) is 27.3. The lowest BCUT2D eigenvalue weighted by atomic mass is 9.96. The molecule has 1 amide bonds. The minimum atomic E-state index is -0.445. The van der Waals surface area contributed by atoms with Gasteiger partial charge in [-0.05, 0) is 18.1 Å². The second-order valence-electron chi connectivity index (χ2n) is 5.29. The van der Waals surface area contributed by atoms with Gasteiger partial charge in [-0.15, -0.1) is 0 Å². The number of nitro benzene ring substituents is 1. The summed E-state index contributed by atoms with van der Waals surface area (Å²) in [7, 11) is 0. The molecule has 2 aromatic carbocycles. The van der Waals surface area contributed by atoms with E-state index in [2.05, 4.69) is 10.3 Å². The maximum Gasteiger partial charge on any atom is 0.270 e. The number of hydrogen-bond acceptors (Lipinski definition) is 5. The van der Waals surface area contributed by atoms with Gasteiger partial charge in [0.15, 0.2) is 5.13 Å². The van der Waals surface area contributed by atoms with Crippen LogP contribution in [0.4, 0.5) is 10.8 Å². The number of nitrogens with zero attached hydrogens (tertiary/aromatic N) is 2. The Morgan fingerprint density at radius 3 is 2.71 bits per heavy atom. The highest BCUT2D eigenvalue weighted by atomic mass is 32.1. The van der Waals surface area contributed by atoms with E-state index in [1.165, 1.54) is 23.5 Å². The standard InChI is InChI=1S/C17H15N3O3S/c1-2-13(11-6-4-3-5-7-11)16(21)19-17-18-14-9-8-12(20(22)23)10-15(14)24-17/h3-10,13H,2H2,1H3,(H,18,19,21). The number of aromatic nitrogens is 1. The number of anilines is 1. The average Bonchev–Trinajstić information content (AvgIpc) is 2.97. The third-order valence-electron chi connectivity index (χ3n) is 3.74. The normalized spacial score (nSPS) is 12.0. The monoisotopic (exact) mass is 341 g/mol. The maximum atomic E-state index is 12.5. The molecule has 122 valence electrons. The molecule has 0 bridgehead atoms. The van der Waals surface area contributed by atoms with Crippen molar-refractivity contribution in [3.63, 3.8) is 0 Å². The Bertz CT molecular complexity index is 892. The molecule has 0 saturated carbocycles. The highest BCUT2D eigenvalue weighted by molar-refractivity contribution is 7.22. The molecule has 0 saturated heterocycles. The van der Waals surface area contributed by atoms with Gasteiger partial charge >= 0.3 is 0 Å². The molecule has 0 fully saturated rings. The van der Waals surface area contributed by atoms with E-state index in [0.717, 1.165) is 5.56 Å². The molecule has 1 N–H and O–H groups in total. The number of carbonyl (C=O) groups is 1. The molecule has 7 heteroatoms. The lowest BCUT2D eigenvalue weighted by Crippen LogP contribution is -2.20. The minimum absolute atomic E-state index is 0.0137. The Morgan fingerprint density at radius 2 is 2.04 bits per heavy atom. The first-order chi connectivity index (χ1) is 11.6. The number of hydrogen-bond donors (Lipinski definition) is 1. The molecule has 0 aliphatic heterocycles. The summed E-state index contributed by atoms with van der Waals surface area (Å²) in [5.41, 5.74) is 1.60. The zero-order chi connectivity index (χ0) is 17.1. The number of nitro groups is 1. The van der Waals surface area contributed by atoms with Gasteiger partial charge in [-0.25, -0.2) is 4.98 Å². The Balaban J connectivity index is 1.83. The van der Waals surface area contributed by atoms with Crippen LogP contribution in [-0.2, 0) is 4.79 Å². The number of rotatable bonds is 5. The Hall–Kier alpha value is -2.80. The van der Waals surface area contributed by atoms with E-state index in [1.807, 2.05) is 37.3 Å². The van der Waals surface area contributed by atoms with Gasteiger partial charge in [-0.1, -0.05) is 48.6 Å². The van der Waals surface area contributed by atoms with Crippen molar-refractivity contribution in [2.75, 3.05) is 5.32 Å². The number of nitrogens with one attached hydrogen (secondary N) is 1. The topological polar surface area (TPSA) is 85.1 Å².